The fourth-order valence-corrected chi connectivity index (χ4v) is 3.21. The second-order valence-electron chi connectivity index (χ2n) is 6.68. The molecule has 2 nitrogen and oxygen atoms in total. The lowest BCUT2D eigenvalue weighted by Crippen LogP contribution is -2.15. The van der Waals surface area contributed by atoms with E-state index >= 15 is 4.39 Å². The lowest BCUT2D eigenvalue weighted by molar-refractivity contribution is -0.143. The zero-order chi connectivity index (χ0) is 22.1. The normalized spacial score (nSPS) is 11.7. The Labute approximate surface area is 164 Å². The van der Waals surface area contributed by atoms with Gasteiger partial charge in [-0.15, -0.1) is 0 Å². The van der Waals surface area contributed by atoms with Gasteiger partial charge in [-0.2, -0.15) is 13.2 Å². The van der Waals surface area contributed by atoms with E-state index in [1.807, 2.05) is 0 Å². The van der Waals surface area contributed by atoms with Gasteiger partial charge in [0.25, 0.3) is 0 Å². The third-order valence-corrected chi connectivity index (χ3v) is 4.78. The van der Waals surface area contributed by atoms with Crippen LogP contribution in [0.3, 0.4) is 0 Å². The topological polar surface area (TPSA) is 26.3 Å². The summed E-state index contributed by atoms with van der Waals surface area (Å²) < 4.78 is 88.5. The summed E-state index contributed by atoms with van der Waals surface area (Å²) in [6.45, 7) is 5.87. The Morgan fingerprint density at radius 2 is 1.62 bits per heavy atom. The van der Waals surface area contributed by atoms with E-state index in [1.165, 1.54) is 27.7 Å². The summed E-state index contributed by atoms with van der Waals surface area (Å²) >= 11 is 0. The molecular formula is C21H20F6O2. The second-order valence-corrected chi connectivity index (χ2v) is 6.68. The van der Waals surface area contributed by atoms with Crippen LogP contribution in [0.5, 0.6) is 0 Å². The highest BCUT2D eigenvalue weighted by Crippen LogP contribution is 2.40. The molecule has 0 aliphatic rings. The molecular weight excluding hydrogens is 398 g/mol. The number of carbonyl (C=O) groups is 1. The first-order valence-electron chi connectivity index (χ1n) is 8.90. The molecule has 8 heteroatoms. The van der Waals surface area contributed by atoms with E-state index in [-0.39, 0.29) is 28.9 Å². The highest BCUT2D eigenvalue weighted by Gasteiger charge is 2.37. The third-order valence-electron chi connectivity index (χ3n) is 4.78. The van der Waals surface area contributed by atoms with Crippen molar-refractivity contribution in [1.82, 2.24) is 0 Å². The quantitative estimate of drug-likeness (QED) is 0.426. The molecule has 0 aliphatic heterocycles. The maximum atomic E-state index is 15.2. The van der Waals surface area contributed by atoms with Crippen molar-refractivity contribution in [2.75, 3.05) is 6.61 Å². The van der Waals surface area contributed by atoms with Crippen LogP contribution in [0.15, 0.2) is 12.1 Å². The van der Waals surface area contributed by atoms with Gasteiger partial charge in [0.15, 0.2) is 0 Å². The molecule has 2 rings (SSSR count). The van der Waals surface area contributed by atoms with Crippen molar-refractivity contribution >= 4 is 5.97 Å². The van der Waals surface area contributed by atoms with E-state index in [4.69, 9.17) is 0 Å². The number of esters is 1. The number of aryl methyl sites for hydroxylation is 1. The highest BCUT2D eigenvalue weighted by molar-refractivity contribution is 5.75. The Hall–Kier alpha value is -2.51. The second kappa shape index (κ2) is 8.47. The van der Waals surface area contributed by atoms with Gasteiger partial charge in [0.2, 0.25) is 0 Å². The fraction of sp³-hybridized carbons (Fsp3) is 0.381. The minimum absolute atomic E-state index is 0.0326. The Balaban J connectivity index is 2.76. The molecule has 0 unspecified atom stereocenters. The predicted molar refractivity (Wildman–Crippen MR) is 95.9 cm³/mol. The van der Waals surface area contributed by atoms with Crippen LogP contribution in [0.4, 0.5) is 26.3 Å². The van der Waals surface area contributed by atoms with Crippen molar-refractivity contribution < 1.29 is 35.9 Å². The van der Waals surface area contributed by atoms with E-state index in [9.17, 15) is 26.7 Å². The summed E-state index contributed by atoms with van der Waals surface area (Å²) in [5, 5.41) is 0. The number of hydrogen-bond donors (Lipinski definition) is 0. The van der Waals surface area contributed by atoms with Crippen molar-refractivity contribution in [2.45, 2.75) is 46.7 Å². The first-order chi connectivity index (χ1) is 13.4. The van der Waals surface area contributed by atoms with Crippen molar-refractivity contribution in [3.63, 3.8) is 0 Å². The van der Waals surface area contributed by atoms with Crippen molar-refractivity contribution in [2.24, 2.45) is 0 Å². The van der Waals surface area contributed by atoms with Crippen LogP contribution in [-0.4, -0.2) is 12.6 Å². The summed E-state index contributed by atoms with van der Waals surface area (Å²) in [5.74, 6) is -4.34. The van der Waals surface area contributed by atoms with Gasteiger partial charge in [0, 0.05) is 17.5 Å². The van der Waals surface area contributed by atoms with Gasteiger partial charge in [-0.05, 0) is 68.5 Å². The molecule has 0 N–H and O–H groups in total. The van der Waals surface area contributed by atoms with E-state index < -0.39 is 59.1 Å². The molecule has 0 atom stereocenters. The van der Waals surface area contributed by atoms with Crippen LogP contribution in [0.25, 0.3) is 11.1 Å². The Morgan fingerprint density at radius 3 is 2.17 bits per heavy atom. The molecule has 0 spiro atoms. The number of halogens is 6. The maximum absolute atomic E-state index is 15.2. The summed E-state index contributed by atoms with van der Waals surface area (Å²) in [6, 6.07) is 1.48. The number of ether oxygens (including phenoxy) is 1. The average molecular weight is 418 g/mol. The smallest absolute Gasteiger partial charge is 0.419 e. The third kappa shape index (κ3) is 4.57. The van der Waals surface area contributed by atoms with Crippen molar-refractivity contribution in [3.8, 4) is 11.1 Å². The monoisotopic (exact) mass is 418 g/mol. The van der Waals surface area contributed by atoms with Gasteiger partial charge in [-0.25, -0.2) is 13.2 Å². The maximum Gasteiger partial charge on any atom is 0.419 e. The minimum atomic E-state index is -5.08. The molecule has 0 bridgehead atoms. The Kier molecular flexibility index (Phi) is 6.65. The average Bonchev–Trinajstić information content (AvgIpc) is 2.60. The largest absolute Gasteiger partial charge is 0.466 e. The Bertz CT molecular complexity index is 948. The fourth-order valence-electron chi connectivity index (χ4n) is 3.21. The molecule has 0 aromatic heterocycles. The standard InChI is InChI=1S/C21H20F6O2/c1-5-29-17(28)7-6-13-19(23)14(9-15(20(13)24)21(25,26)27)18-10(2)8-16(22)11(3)12(18)4/h8-9H,5-7H2,1-4H3. The van der Waals surface area contributed by atoms with E-state index in [0.29, 0.717) is 6.07 Å². The van der Waals surface area contributed by atoms with Gasteiger partial charge < -0.3 is 4.74 Å². The SMILES string of the molecule is CCOC(=O)CCc1c(F)c(-c2c(C)cc(F)c(C)c2C)cc(C(F)(F)F)c1F. The number of rotatable bonds is 5. The molecule has 2 aromatic carbocycles. The summed E-state index contributed by atoms with van der Waals surface area (Å²) in [5.41, 5.74) is -2.33. The molecule has 158 valence electrons. The van der Waals surface area contributed by atoms with Gasteiger partial charge >= 0.3 is 12.1 Å². The van der Waals surface area contributed by atoms with Crippen LogP contribution in [0.2, 0.25) is 0 Å². The molecule has 0 aliphatic carbocycles. The van der Waals surface area contributed by atoms with Gasteiger partial charge in [0.05, 0.1) is 12.2 Å². The minimum Gasteiger partial charge on any atom is -0.466 e. The Morgan fingerprint density at radius 1 is 1.00 bits per heavy atom. The van der Waals surface area contributed by atoms with E-state index in [2.05, 4.69) is 4.74 Å². The number of hydrogen-bond acceptors (Lipinski definition) is 2. The molecule has 0 fully saturated rings. The summed E-state index contributed by atoms with van der Waals surface area (Å²) in [6.07, 6.45) is -6.17. The zero-order valence-corrected chi connectivity index (χ0v) is 16.4. The predicted octanol–water partition coefficient (Wildman–Crippen LogP) is 6.21. The van der Waals surface area contributed by atoms with Crippen molar-refractivity contribution in [1.29, 1.82) is 0 Å². The molecule has 29 heavy (non-hydrogen) atoms. The molecule has 0 radical (unpaired) electrons. The van der Waals surface area contributed by atoms with Crippen LogP contribution < -0.4 is 0 Å². The molecule has 2 aromatic rings. The first-order valence-corrected chi connectivity index (χ1v) is 8.90. The first kappa shape index (κ1) is 22.8. The van der Waals surface area contributed by atoms with Crippen molar-refractivity contribution in [3.05, 3.63) is 57.4 Å². The van der Waals surface area contributed by atoms with Gasteiger partial charge in [-0.1, -0.05) is 0 Å². The molecule has 0 saturated heterocycles. The van der Waals surface area contributed by atoms with Gasteiger partial charge in [0.1, 0.15) is 17.5 Å². The lowest BCUT2D eigenvalue weighted by Gasteiger charge is -2.19. The van der Waals surface area contributed by atoms with Crippen LogP contribution in [-0.2, 0) is 22.1 Å². The zero-order valence-electron chi connectivity index (χ0n) is 16.4. The summed E-state index contributed by atoms with van der Waals surface area (Å²) in [4.78, 5) is 11.5. The number of alkyl halides is 3. The molecule has 0 amide bonds. The van der Waals surface area contributed by atoms with Crippen LogP contribution >= 0.6 is 0 Å². The molecule has 0 heterocycles. The van der Waals surface area contributed by atoms with Crippen LogP contribution in [0, 0.1) is 38.2 Å². The lowest BCUT2D eigenvalue weighted by atomic mass is 9.88. The molecule has 0 saturated carbocycles. The van der Waals surface area contributed by atoms with Crippen LogP contribution in [0.1, 0.15) is 41.2 Å². The highest BCUT2D eigenvalue weighted by atomic mass is 19.4. The van der Waals surface area contributed by atoms with E-state index in [0.717, 1.165) is 6.07 Å². The number of carbonyl (C=O) groups excluding carboxylic acids is 1. The number of benzene rings is 2. The van der Waals surface area contributed by atoms with E-state index in [1.54, 1.807) is 0 Å². The van der Waals surface area contributed by atoms with Gasteiger partial charge in [-0.3, -0.25) is 4.79 Å². The summed E-state index contributed by atoms with van der Waals surface area (Å²) in [7, 11) is 0.